The van der Waals surface area contributed by atoms with Crippen molar-refractivity contribution >= 4 is 28.7 Å². The van der Waals surface area contributed by atoms with E-state index in [9.17, 15) is 27.9 Å². The zero-order valence-corrected chi connectivity index (χ0v) is 20.8. The second-order valence-corrected chi connectivity index (χ2v) is 9.46. The lowest BCUT2D eigenvalue weighted by Crippen LogP contribution is -2.30. The SMILES string of the molecule is Cc1ccc(C2C(C(=O)c3sc(-c4ccccc4)nc3C)=C(O)C(=O)N2c2ccc(OC(F)(F)F)cc2)o1. The second kappa shape index (κ2) is 9.49. The van der Waals surface area contributed by atoms with Crippen molar-refractivity contribution < 1.29 is 37.0 Å². The van der Waals surface area contributed by atoms with Crippen molar-refractivity contribution in [3.05, 3.63) is 100 Å². The number of Topliss-reactive ketones (excluding diaryl/α,β-unsaturated/α-hetero) is 1. The van der Waals surface area contributed by atoms with Gasteiger partial charge in [0.05, 0.1) is 16.1 Å². The third-order valence-electron chi connectivity index (χ3n) is 5.86. The molecule has 11 heteroatoms. The predicted molar refractivity (Wildman–Crippen MR) is 133 cm³/mol. The fourth-order valence-corrected chi connectivity index (χ4v) is 5.24. The molecule has 38 heavy (non-hydrogen) atoms. The molecule has 1 aliphatic rings. The van der Waals surface area contributed by atoms with Crippen LogP contribution in [0.4, 0.5) is 18.9 Å². The molecule has 0 bridgehead atoms. The number of aromatic nitrogens is 1. The molecule has 2 aromatic carbocycles. The van der Waals surface area contributed by atoms with Gasteiger partial charge in [-0.05, 0) is 50.2 Å². The van der Waals surface area contributed by atoms with Gasteiger partial charge in [0.2, 0.25) is 5.78 Å². The third kappa shape index (κ3) is 4.68. The molecule has 0 aliphatic carbocycles. The zero-order valence-electron chi connectivity index (χ0n) is 19.9. The van der Waals surface area contributed by atoms with Gasteiger partial charge in [-0.15, -0.1) is 24.5 Å². The average Bonchev–Trinajstić information content (AvgIpc) is 3.55. The van der Waals surface area contributed by atoms with Gasteiger partial charge in [0.1, 0.15) is 28.3 Å². The maximum atomic E-state index is 13.8. The number of amides is 1. The summed E-state index contributed by atoms with van der Waals surface area (Å²) in [5.74, 6) is -2.07. The highest BCUT2D eigenvalue weighted by Gasteiger charge is 2.47. The Morgan fingerprint density at radius 3 is 2.34 bits per heavy atom. The number of aliphatic hydroxyl groups excluding tert-OH is 1. The highest BCUT2D eigenvalue weighted by molar-refractivity contribution is 7.17. The Bertz CT molecular complexity index is 1560. The van der Waals surface area contributed by atoms with E-state index in [1.807, 2.05) is 30.3 Å². The fraction of sp³-hybridized carbons (Fsp3) is 0.148. The first-order chi connectivity index (χ1) is 18.0. The molecule has 3 heterocycles. The van der Waals surface area contributed by atoms with Gasteiger partial charge < -0.3 is 14.3 Å². The molecule has 1 atom stereocenters. The molecular weight excluding hydrogens is 521 g/mol. The number of benzene rings is 2. The summed E-state index contributed by atoms with van der Waals surface area (Å²) < 4.78 is 47.5. The highest BCUT2D eigenvalue weighted by atomic mass is 32.1. The monoisotopic (exact) mass is 540 g/mol. The Kier molecular flexibility index (Phi) is 6.31. The molecule has 4 aromatic rings. The minimum absolute atomic E-state index is 0.129. The van der Waals surface area contributed by atoms with Gasteiger partial charge in [0.25, 0.3) is 5.91 Å². The van der Waals surface area contributed by atoms with E-state index in [4.69, 9.17) is 4.42 Å². The Morgan fingerprint density at radius 1 is 1.05 bits per heavy atom. The number of rotatable bonds is 6. The van der Waals surface area contributed by atoms with E-state index in [-0.39, 0.29) is 21.9 Å². The van der Waals surface area contributed by atoms with Crippen LogP contribution in [0.3, 0.4) is 0 Å². The number of anilines is 1. The van der Waals surface area contributed by atoms with Gasteiger partial charge in [-0.25, -0.2) is 4.98 Å². The number of alkyl halides is 3. The van der Waals surface area contributed by atoms with Crippen molar-refractivity contribution in [1.82, 2.24) is 4.98 Å². The molecular formula is C27H19F3N2O5S. The van der Waals surface area contributed by atoms with E-state index < -0.39 is 35.6 Å². The van der Waals surface area contributed by atoms with Crippen LogP contribution in [0, 0.1) is 13.8 Å². The molecule has 0 saturated heterocycles. The summed E-state index contributed by atoms with van der Waals surface area (Å²) in [6.45, 7) is 3.34. The number of nitrogens with zero attached hydrogens (tertiary/aromatic N) is 2. The van der Waals surface area contributed by atoms with Crippen molar-refractivity contribution in [3.8, 4) is 16.3 Å². The summed E-state index contributed by atoms with van der Waals surface area (Å²) in [7, 11) is 0. The van der Waals surface area contributed by atoms with Crippen LogP contribution in [0.25, 0.3) is 10.6 Å². The van der Waals surface area contributed by atoms with Crippen LogP contribution >= 0.6 is 11.3 Å². The molecule has 1 aliphatic heterocycles. The molecule has 2 aromatic heterocycles. The van der Waals surface area contributed by atoms with E-state index >= 15 is 0 Å². The lowest BCUT2D eigenvalue weighted by atomic mass is 9.99. The molecule has 1 unspecified atom stereocenters. The first-order valence-electron chi connectivity index (χ1n) is 11.3. The summed E-state index contributed by atoms with van der Waals surface area (Å²) in [5, 5.41) is 11.5. The van der Waals surface area contributed by atoms with Crippen molar-refractivity contribution in [1.29, 1.82) is 0 Å². The van der Waals surface area contributed by atoms with Gasteiger partial charge >= 0.3 is 6.36 Å². The highest BCUT2D eigenvalue weighted by Crippen LogP contribution is 2.44. The van der Waals surface area contributed by atoms with Crippen molar-refractivity contribution in [2.75, 3.05) is 4.90 Å². The standard InChI is InChI=1S/C27H19F3N2O5S/c1-14-8-13-19(36-14)21-20(22(33)24-15(2)31-25(38-24)16-6-4-3-5-7-16)23(34)26(35)32(21)17-9-11-18(12-10-17)37-27(28,29)30/h3-13,21,34H,1-2H3. The molecule has 1 amide bonds. The molecule has 5 rings (SSSR count). The number of thiazole rings is 1. The Balaban J connectivity index is 1.56. The van der Waals surface area contributed by atoms with Crippen LogP contribution in [0.5, 0.6) is 5.75 Å². The molecule has 0 radical (unpaired) electrons. The van der Waals surface area contributed by atoms with Gasteiger partial charge in [-0.2, -0.15) is 0 Å². The number of ketones is 1. The van der Waals surface area contributed by atoms with E-state index in [0.29, 0.717) is 16.5 Å². The van der Waals surface area contributed by atoms with Crippen LogP contribution < -0.4 is 9.64 Å². The summed E-state index contributed by atoms with van der Waals surface area (Å²) >= 11 is 1.13. The normalized spacial score (nSPS) is 15.9. The Hall–Kier alpha value is -4.38. The number of furan rings is 1. The van der Waals surface area contributed by atoms with E-state index in [2.05, 4.69) is 9.72 Å². The van der Waals surface area contributed by atoms with Crippen LogP contribution in [0.2, 0.25) is 0 Å². The lowest BCUT2D eigenvalue weighted by molar-refractivity contribution is -0.274. The summed E-state index contributed by atoms with van der Waals surface area (Å²) in [5.41, 5.74) is 1.14. The molecule has 0 saturated carbocycles. The number of aryl methyl sites for hydroxylation is 2. The minimum Gasteiger partial charge on any atom is -0.503 e. The van der Waals surface area contributed by atoms with E-state index in [1.54, 1.807) is 26.0 Å². The molecule has 7 nitrogen and oxygen atoms in total. The number of hydrogen-bond acceptors (Lipinski definition) is 7. The molecule has 0 spiro atoms. The summed E-state index contributed by atoms with van der Waals surface area (Å²) in [4.78, 5) is 32.9. The van der Waals surface area contributed by atoms with E-state index in [0.717, 1.165) is 33.9 Å². The quantitative estimate of drug-likeness (QED) is 0.274. The van der Waals surface area contributed by atoms with Gasteiger partial charge in [0.15, 0.2) is 5.76 Å². The summed E-state index contributed by atoms with van der Waals surface area (Å²) in [6.07, 6.45) is -4.89. The topological polar surface area (TPSA) is 92.9 Å². The maximum absolute atomic E-state index is 13.8. The maximum Gasteiger partial charge on any atom is 0.573 e. The number of carbonyl (C=O) groups is 2. The van der Waals surface area contributed by atoms with Crippen molar-refractivity contribution in [2.45, 2.75) is 26.3 Å². The first kappa shape index (κ1) is 25.3. The Labute approximate surface area is 218 Å². The second-order valence-electron chi connectivity index (χ2n) is 8.46. The molecule has 194 valence electrons. The number of halogens is 3. The van der Waals surface area contributed by atoms with Crippen molar-refractivity contribution in [3.63, 3.8) is 0 Å². The van der Waals surface area contributed by atoms with Crippen LogP contribution in [0.1, 0.15) is 32.9 Å². The largest absolute Gasteiger partial charge is 0.573 e. The smallest absolute Gasteiger partial charge is 0.503 e. The number of ether oxygens (including phenoxy) is 1. The van der Waals surface area contributed by atoms with Crippen LogP contribution in [-0.2, 0) is 4.79 Å². The average molecular weight is 541 g/mol. The summed E-state index contributed by atoms with van der Waals surface area (Å²) in [6, 6.07) is 15.8. The van der Waals surface area contributed by atoms with Gasteiger partial charge in [-0.1, -0.05) is 30.3 Å². The van der Waals surface area contributed by atoms with Crippen LogP contribution in [0.15, 0.2) is 82.5 Å². The molecule has 1 N–H and O–H groups in total. The first-order valence-corrected chi connectivity index (χ1v) is 12.1. The van der Waals surface area contributed by atoms with Gasteiger partial charge in [0, 0.05) is 11.3 Å². The van der Waals surface area contributed by atoms with Gasteiger partial charge in [-0.3, -0.25) is 14.5 Å². The number of carbonyl (C=O) groups excluding carboxylic acids is 2. The van der Waals surface area contributed by atoms with E-state index in [1.165, 1.54) is 12.1 Å². The number of aliphatic hydroxyl groups is 1. The third-order valence-corrected chi connectivity index (χ3v) is 7.06. The van der Waals surface area contributed by atoms with Crippen LogP contribution in [-0.4, -0.2) is 28.1 Å². The predicted octanol–water partition coefficient (Wildman–Crippen LogP) is 6.70. The Morgan fingerprint density at radius 2 is 1.74 bits per heavy atom. The number of hydrogen-bond donors (Lipinski definition) is 1. The van der Waals surface area contributed by atoms with Crippen molar-refractivity contribution in [2.24, 2.45) is 0 Å². The fourth-order valence-electron chi connectivity index (χ4n) is 4.22. The molecule has 0 fully saturated rings. The minimum atomic E-state index is -4.89. The lowest BCUT2D eigenvalue weighted by Gasteiger charge is -2.25. The zero-order chi connectivity index (χ0) is 27.2.